The third-order valence-corrected chi connectivity index (χ3v) is 3.16. The predicted octanol–water partition coefficient (Wildman–Crippen LogP) is 4.06. The van der Waals surface area contributed by atoms with Crippen molar-refractivity contribution in [2.45, 2.75) is 6.92 Å². The van der Waals surface area contributed by atoms with Crippen molar-refractivity contribution in [3.63, 3.8) is 0 Å². The molecule has 0 bridgehead atoms. The largest absolute Gasteiger partial charge is 0.322 e. The van der Waals surface area contributed by atoms with Gasteiger partial charge in [0.2, 0.25) is 0 Å². The Balaban J connectivity index is 2.34. The van der Waals surface area contributed by atoms with E-state index in [-0.39, 0.29) is 5.56 Å². The van der Waals surface area contributed by atoms with E-state index in [1.54, 1.807) is 12.1 Å². The molecule has 0 aliphatic carbocycles. The minimum Gasteiger partial charge on any atom is -0.322 e. The number of benzene rings is 2. The van der Waals surface area contributed by atoms with Crippen LogP contribution in [0, 0.1) is 22.9 Å². The molecule has 0 fully saturated rings. The summed E-state index contributed by atoms with van der Waals surface area (Å²) < 4.78 is 13.8. The molecule has 0 radical (unpaired) electrons. The smallest absolute Gasteiger partial charge is 0.285 e. The standard InChI is InChI=1S/C14H10BrFN2O3/c1-8-4-9(15)6-11(5-8)17-14(19)12-3-2-10(16)7-13(12)18(20)21/h2-7H,1H3,(H,17,19). The lowest BCUT2D eigenvalue weighted by molar-refractivity contribution is -0.385. The third-order valence-electron chi connectivity index (χ3n) is 2.70. The molecule has 0 saturated carbocycles. The second kappa shape index (κ2) is 6.01. The van der Waals surface area contributed by atoms with Gasteiger partial charge in [-0.15, -0.1) is 0 Å². The number of nitrogens with one attached hydrogen (secondary N) is 1. The minimum absolute atomic E-state index is 0.195. The number of nitro benzene ring substituents is 1. The number of amides is 1. The summed E-state index contributed by atoms with van der Waals surface area (Å²) in [7, 11) is 0. The number of aryl methyl sites for hydroxylation is 1. The maximum Gasteiger partial charge on any atom is 0.285 e. The molecule has 0 aliphatic heterocycles. The molecule has 0 unspecified atom stereocenters. The van der Waals surface area contributed by atoms with Crippen LogP contribution in [0.25, 0.3) is 0 Å². The SMILES string of the molecule is Cc1cc(Br)cc(NC(=O)c2ccc(F)cc2[N+](=O)[O-])c1. The second-order valence-corrected chi connectivity index (χ2v) is 5.31. The van der Waals surface area contributed by atoms with Gasteiger partial charge in [0.15, 0.2) is 0 Å². The number of rotatable bonds is 3. The van der Waals surface area contributed by atoms with Crippen LogP contribution in [0.2, 0.25) is 0 Å². The second-order valence-electron chi connectivity index (χ2n) is 4.39. The molecule has 2 aromatic rings. The Kier molecular flexibility index (Phi) is 4.32. The summed E-state index contributed by atoms with van der Waals surface area (Å²) in [5, 5.41) is 13.4. The number of nitrogens with zero attached hydrogens (tertiary/aromatic N) is 1. The van der Waals surface area contributed by atoms with Crippen molar-refractivity contribution in [2.24, 2.45) is 0 Å². The Morgan fingerprint density at radius 2 is 2.00 bits per heavy atom. The molecule has 108 valence electrons. The molecule has 0 aromatic heterocycles. The van der Waals surface area contributed by atoms with Crippen LogP contribution < -0.4 is 5.32 Å². The number of nitro groups is 1. The highest BCUT2D eigenvalue weighted by Gasteiger charge is 2.21. The molecule has 7 heteroatoms. The molecule has 21 heavy (non-hydrogen) atoms. The number of carbonyl (C=O) groups is 1. The van der Waals surface area contributed by atoms with Gasteiger partial charge in [-0.1, -0.05) is 15.9 Å². The number of hydrogen-bond donors (Lipinski definition) is 1. The fourth-order valence-electron chi connectivity index (χ4n) is 1.85. The van der Waals surface area contributed by atoms with Crippen LogP contribution in [0.1, 0.15) is 15.9 Å². The molecule has 5 nitrogen and oxygen atoms in total. The fourth-order valence-corrected chi connectivity index (χ4v) is 2.46. The maximum absolute atomic E-state index is 13.1. The van der Waals surface area contributed by atoms with Crippen molar-refractivity contribution in [3.8, 4) is 0 Å². The zero-order chi connectivity index (χ0) is 15.6. The lowest BCUT2D eigenvalue weighted by atomic mass is 10.1. The summed E-state index contributed by atoms with van der Waals surface area (Å²) in [5.74, 6) is -1.43. The van der Waals surface area contributed by atoms with E-state index in [0.29, 0.717) is 5.69 Å². The lowest BCUT2D eigenvalue weighted by Crippen LogP contribution is -2.14. The van der Waals surface area contributed by atoms with Gasteiger partial charge in [0.1, 0.15) is 11.4 Å². The van der Waals surface area contributed by atoms with Crippen molar-refractivity contribution in [3.05, 3.63) is 67.9 Å². The van der Waals surface area contributed by atoms with Crippen molar-refractivity contribution < 1.29 is 14.1 Å². The number of carbonyl (C=O) groups excluding carboxylic acids is 1. The van der Waals surface area contributed by atoms with Crippen LogP contribution >= 0.6 is 15.9 Å². The van der Waals surface area contributed by atoms with Crippen molar-refractivity contribution >= 4 is 33.2 Å². The monoisotopic (exact) mass is 352 g/mol. The van der Waals surface area contributed by atoms with Gasteiger partial charge in [-0.2, -0.15) is 0 Å². The zero-order valence-electron chi connectivity index (χ0n) is 10.9. The Labute approximate surface area is 128 Å². The molecular weight excluding hydrogens is 343 g/mol. The molecule has 0 heterocycles. The number of hydrogen-bond acceptors (Lipinski definition) is 3. The van der Waals surface area contributed by atoms with Crippen LogP contribution in [0.4, 0.5) is 15.8 Å². The summed E-state index contributed by atoms with van der Waals surface area (Å²) in [6.45, 7) is 1.85. The average Bonchev–Trinajstić information content (AvgIpc) is 2.36. The van der Waals surface area contributed by atoms with Crippen LogP contribution in [0.3, 0.4) is 0 Å². The van der Waals surface area contributed by atoms with Gasteiger partial charge in [-0.05, 0) is 42.8 Å². The van der Waals surface area contributed by atoms with Crippen LogP contribution in [-0.4, -0.2) is 10.8 Å². The highest BCUT2D eigenvalue weighted by atomic mass is 79.9. The first-order valence-corrected chi connectivity index (χ1v) is 6.68. The van der Waals surface area contributed by atoms with Gasteiger partial charge < -0.3 is 5.32 Å². The molecular formula is C14H10BrFN2O3. The molecule has 0 aliphatic rings. The molecule has 0 spiro atoms. The summed E-state index contributed by atoms with van der Waals surface area (Å²) >= 11 is 3.30. The van der Waals surface area contributed by atoms with Gasteiger partial charge in [-0.3, -0.25) is 14.9 Å². The van der Waals surface area contributed by atoms with E-state index in [0.717, 1.165) is 28.2 Å². The van der Waals surface area contributed by atoms with E-state index < -0.39 is 22.3 Å². The summed E-state index contributed by atoms with van der Waals surface area (Å²) in [5.41, 5.74) is 0.636. The minimum atomic E-state index is -0.788. The Bertz CT molecular complexity index is 714. The van der Waals surface area contributed by atoms with Gasteiger partial charge in [0.25, 0.3) is 11.6 Å². The Morgan fingerprint density at radius 1 is 1.29 bits per heavy atom. The Hall–Kier alpha value is -2.28. The molecule has 1 amide bonds. The van der Waals surface area contributed by atoms with E-state index >= 15 is 0 Å². The first-order chi connectivity index (χ1) is 9.86. The highest BCUT2D eigenvalue weighted by molar-refractivity contribution is 9.10. The molecule has 1 N–H and O–H groups in total. The first-order valence-electron chi connectivity index (χ1n) is 5.89. The topological polar surface area (TPSA) is 72.2 Å². The van der Waals surface area contributed by atoms with E-state index in [1.165, 1.54) is 0 Å². The van der Waals surface area contributed by atoms with Gasteiger partial charge in [0.05, 0.1) is 11.0 Å². The van der Waals surface area contributed by atoms with Crippen LogP contribution in [-0.2, 0) is 0 Å². The summed E-state index contributed by atoms with van der Waals surface area (Å²) in [6.07, 6.45) is 0. The van der Waals surface area contributed by atoms with Gasteiger partial charge >= 0.3 is 0 Å². The Morgan fingerprint density at radius 3 is 2.62 bits per heavy atom. The fraction of sp³-hybridized carbons (Fsp3) is 0.0714. The molecule has 2 aromatic carbocycles. The first kappa shape index (κ1) is 15.1. The van der Waals surface area contributed by atoms with Crippen molar-refractivity contribution in [1.29, 1.82) is 0 Å². The van der Waals surface area contributed by atoms with Gasteiger partial charge in [0, 0.05) is 10.2 Å². The number of anilines is 1. The summed E-state index contributed by atoms with van der Waals surface area (Å²) in [4.78, 5) is 22.2. The maximum atomic E-state index is 13.1. The number of halogens is 2. The normalized spacial score (nSPS) is 10.2. The van der Waals surface area contributed by atoms with Crippen molar-refractivity contribution in [2.75, 3.05) is 5.32 Å². The van der Waals surface area contributed by atoms with E-state index in [4.69, 9.17) is 0 Å². The van der Waals surface area contributed by atoms with Crippen molar-refractivity contribution in [1.82, 2.24) is 0 Å². The van der Waals surface area contributed by atoms with Crippen LogP contribution in [0.15, 0.2) is 40.9 Å². The molecule has 2 rings (SSSR count). The van der Waals surface area contributed by atoms with E-state index in [2.05, 4.69) is 21.2 Å². The zero-order valence-corrected chi connectivity index (χ0v) is 12.5. The van der Waals surface area contributed by atoms with Gasteiger partial charge in [-0.25, -0.2) is 4.39 Å². The third kappa shape index (κ3) is 3.63. The average molecular weight is 353 g/mol. The summed E-state index contributed by atoms with van der Waals surface area (Å²) in [6, 6.07) is 8.07. The predicted molar refractivity (Wildman–Crippen MR) is 79.9 cm³/mol. The van der Waals surface area contributed by atoms with E-state index in [9.17, 15) is 19.3 Å². The molecule has 0 atom stereocenters. The molecule has 0 saturated heterocycles. The van der Waals surface area contributed by atoms with E-state index in [1.807, 2.05) is 13.0 Å². The highest BCUT2D eigenvalue weighted by Crippen LogP contribution is 2.23. The quantitative estimate of drug-likeness (QED) is 0.668. The van der Waals surface area contributed by atoms with Crippen LogP contribution in [0.5, 0.6) is 0 Å². The lowest BCUT2D eigenvalue weighted by Gasteiger charge is -2.07.